The maximum atomic E-state index is 11.8. The number of carbonyl (C=O) groups is 1. The van der Waals surface area contributed by atoms with Crippen LogP contribution in [0.3, 0.4) is 0 Å². The molecule has 1 saturated heterocycles. The van der Waals surface area contributed by atoms with E-state index in [1.54, 1.807) is 11.3 Å². The first-order valence-corrected chi connectivity index (χ1v) is 7.61. The van der Waals surface area contributed by atoms with Gasteiger partial charge in [0.05, 0.1) is 0 Å². The number of carbonyl (C=O) groups excluding carboxylic acids is 1. The molecule has 1 fully saturated rings. The summed E-state index contributed by atoms with van der Waals surface area (Å²) in [4.78, 5) is 12.7. The topological polar surface area (TPSA) is 58.6 Å². The number of benzene rings is 1. The lowest BCUT2D eigenvalue weighted by Crippen LogP contribution is -2.36. The molecule has 1 aliphatic heterocycles. The van der Waals surface area contributed by atoms with Gasteiger partial charge in [0.15, 0.2) is 0 Å². The van der Waals surface area contributed by atoms with Gasteiger partial charge in [-0.05, 0) is 30.4 Å². The zero-order chi connectivity index (χ0) is 13.9. The van der Waals surface area contributed by atoms with E-state index in [9.17, 15) is 9.90 Å². The zero-order valence-corrected chi connectivity index (χ0v) is 11.9. The van der Waals surface area contributed by atoms with Crippen molar-refractivity contribution in [1.29, 1.82) is 0 Å². The molecule has 2 N–H and O–H groups in total. The third kappa shape index (κ3) is 2.85. The Morgan fingerprint density at radius 1 is 1.50 bits per heavy atom. The van der Waals surface area contributed by atoms with Gasteiger partial charge in [-0.2, -0.15) is 0 Å². The van der Waals surface area contributed by atoms with Crippen molar-refractivity contribution >= 4 is 27.3 Å². The van der Waals surface area contributed by atoms with Gasteiger partial charge in [0.25, 0.3) is 0 Å². The smallest absolute Gasteiger partial charge is 0.249 e. The van der Waals surface area contributed by atoms with Gasteiger partial charge in [-0.25, -0.2) is 0 Å². The van der Waals surface area contributed by atoms with Crippen LogP contribution in [0, 0.1) is 0 Å². The Morgan fingerprint density at radius 3 is 3.10 bits per heavy atom. The van der Waals surface area contributed by atoms with Crippen LogP contribution in [0.2, 0.25) is 0 Å². The fourth-order valence-corrected chi connectivity index (χ4v) is 3.41. The van der Waals surface area contributed by atoms with Gasteiger partial charge in [-0.3, -0.25) is 4.79 Å². The van der Waals surface area contributed by atoms with E-state index in [1.165, 1.54) is 0 Å². The number of aliphatic hydroxyl groups excluding tert-OH is 1. The molecule has 2 atom stereocenters. The summed E-state index contributed by atoms with van der Waals surface area (Å²) in [7, 11) is 0. The quantitative estimate of drug-likeness (QED) is 0.908. The number of hydrogen-bond donors (Lipinski definition) is 2. The Morgan fingerprint density at radius 2 is 2.35 bits per heavy atom. The Balaban J connectivity index is 1.60. The predicted octanol–water partition coefficient (Wildman–Crippen LogP) is 2.23. The Bertz CT molecular complexity index is 571. The zero-order valence-electron chi connectivity index (χ0n) is 11.0. The molecule has 2 unspecified atom stereocenters. The molecule has 1 aliphatic rings. The van der Waals surface area contributed by atoms with Crippen LogP contribution in [-0.2, 0) is 9.53 Å². The second-order valence-electron chi connectivity index (χ2n) is 4.95. The van der Waals surface area contributed by atoms with E-state index in [2.05, 4.69) is 5.32 Å². The number of ether oxygens (including phenoxy) is 1. The molecule has 1 aromatic carbocycles. The SMILES string of the molecule is O=C(NCC(O)c1cc2ccccc2s1)C1CCCO1. The number of hydrogen-bond acceptors (Lipinski definition) is 4. The second-order valence-corrected chi connectivity index (χ2v) is 6.06. The molecule has 20 heavy (non-hydrogen) atoms. The van der Waals surface area contributed by atoms with Gasteiger partial charge in [0.1, 0.15) is 12.2 Å². The Kier molecular flexibility index (Phi) is 4.00. The summed E-state index contributed by atoms with van der Waals surface area (Å²) in [6, 6.07) is 9.98. The lowest BCUT2D eigenvalue weighted by Gasteiger charge is -2.13. The van der Waals surface area contributed by atoms with Crippen molar-refractivity contribution in [3.63, 3.8) is 0 Å². The average Bonchev–Trinajstić information content (AvgIpc) is 3.12. The summed E-state index contributed by atoms with van der Waals surface area (Å²) < 4.78 is 6.46. The number of amides is 1. The van der Waals surface area contributed by atoms with Gasteiger partial charge < -0.3 is 15.2 Å². The van der Waals surface area contributed by atoms with Crippen LogP contribution in [0.15, 0.2) is 30.3 Å². The number of aliphatic hydroxyl groups is 1. The fraction of sp³-hybridized carbons (Fsp3) is 0.400. The minimum absolute atomic E-state index is 0.123. The van der Waals surface area contributed by atoms with Crippen molar-refractivity contribution in [2.75, 3.05) is 13.2 Å². The summed E-state index contributed by atoms with van der Waals surface area (Å²) in [5.74, 6) is -0.123. The minimum Gasteiger partial charge on any atom is -0.386 e. The normalized spacial score (nSPS) is 20.1. The molecular weight excluding hydrogens is 274 g/mol. The van der Waals surface area contributed by atoms with E-state index >= 15 is 0 Å². The summed E-state index contributed by atoms with van der Waals surface area (Å²) in [6.45, 7) is 0.877. The van der Waals surface area contributed by atoms with Crippen molar-refractivity contribution in [2.45, 2.75) is 25.0 Å². The minimum atomic E-state index is -0.669. The molecule has 4 nitrogen and oxygen atoms in total. The Labute approximate surface area is 121 Å². The van der Waals surface area contributed by atoms with Crippen LogP contribution >= 0.6 is 11.3 Å². The molecular formula is C15H17NO3S. The van der Waals surface area contributed by atoms with E-state index < -0.39 is 6.10 Å². The molecule has 5 heteroatoms. The molecule has 0 saturated carbocycles. The summed E-state index contributed by atoms with van der Waals surface area (Å²) in [6.07, 6.45) is 0.684. The van der Waals surface area contributed by atoms with Gasteiger partial charge >= 0.3 is 0 Å². The molecule has 3 rings (SSSR count). The van der Waals surface area contributed by atoms with Crippen molar-refractivity contribution in [3.05, 3.63) is 35.2 Å². The van der Waals surface area contributed by atoms with E-state index in [0.29, 0.717) is 6.61 Å². The van der Waals surface area contributed by atoms with Gasteiger partial charge in [-0.1, -0.05) is 18.2 Å². The Hall–Kier alpha value is -1.43. The predicted molar refractivity (Wildman–Crippen MR) is 78.8 cm³/mol. The molecule has 2 heterocycles. The van der Waals surface area contributed by atoms with Crippen LogP contribution in [0.25, 0.3) is 10.1 Å². The van der Waals surface area contributed by atoms with Crippen LogP contribution in [-0.4, -0.2) is 30.3 Å². The molecule has 0 spiro atoms. The third-order valence-corrected chi connectivity index (χ3v) is 4.68. The first-order chi connectivity index (χ1) is 9.74. The molecule has 1 amide bonds. The molecule has 1 aromatic heterocycles. The van der Waals surface area contributed by atoms with Crippen LogP contribution in [0.5, 0.6) is 0 Å². The van der Waals surface area contributed by atoms with Crippen LogP contribution < -0.4 is 5.32 Å². The molecule has 0 radical (unpaired) electrons. The van der Waals surface area contributed by atoms with E-state index in [0.717, 1.165) is 27.8 Å². The highest BCUT2D eigenvalue weighted by Gasteiger charge is 2.24. The van der Waals surface area contributed by atoms with Crippen LogP contribution in [0.1, 0.15) is 23.8 Å². The van der Waals surface area contributed by atoms with E-state index in [-0.39, 0.29) is 18.6 Å². The lowest BCUT2D eigenvalue weighted by atomic mass is 10.2. The standard InChI is InChI=1S/C15H17NO3S/c17-11(9-16-15(18)12-5-3-7-19-12)14-8-10-4-1-2-6-13(10)20-14/h1-2,4,6,8,11-12,17H,3,5,7,9H2,(H,16,18). The number of fused-ring (bicyclic) bond motifs is 1. The highest BCUT2D eigenvalue weighted by Crippen LogP contribution is 2.29. The van der Waals surface area contributed by atoms with Crippen molar-refractivity contribution in [1.82, 2.24) is 5.32 Å². The maximum absolute atomic E-state index is 11.8. The average molecular weight is 291 g/mol. The summed E-state index contributed by atoms with van der Waals surface area (Å²) >= 11 is 1.56. The fourth-order valence-electron chi connectivity index (χ4n) is 2.36. The highest BCUT2D eigenvalue weighted by molar-refractivity contribution is 7.19. The summed E-state index contributed by atoms with van der Waals surface area (Å²) in [5, 5.41) is 14.1. The molecule has 2 aromatic rings. The number of nitrogens with one attached hydrogen (secondary N) is 1. The molecule has 0 aliphatic carbocycles. The highest BCUT2D eigenvalue weighted by atomic mass is 32.1. The molecule has 0 bridgehead atoms. The maximum Gasteiger partial charge on any atom is 0.249 e. The first kappa shape index (κ1) is 13.5. The number of thiophene rings is 1. The second kappa shape index (κ2) is 5.91. The van der Waals surface area contributed by atoms with Crippen LogP contribution in [0.4, 0.5) is 0 Å². The van der Waals surface area contributed by atoms with Gasteiger partial charge in [0.2, 0.25) is 5.91 Å². The van der Waals surface area contributed by atoms with E-state index in [1.807, 2.05) is 30.3 Å². The van der Waals surface area contributed by atoms with Crippen molar-refractivity contribution in [3.8, 4) is 0 Å². The first-order valence-electron chi connectivity index (χ1n) is 6.80. The van der Waals surface area contributed by atoms with Crippen molar-refractivity contribution < 1.29 is 14.6 Å². The monoisotopic (exact) mass is 291 g/mol. The van der Waals surface area contributed by atoms with Gasteiger partial charge in [0, 0.05) is 22.7 Å². The third-order valence-electron chi connectivity index (χ3n) is 3.46. The lowest BCUT2D eigenvalue weighted by molar-refractivity contribution is -0.130. The number of rotatable bonds is 4. The largest absolute Gasteiger partial charge is 0.386 e. The molecule has 106 valence electrons. The summed E-state index contributed by atoms with van der Waals surface area (Å²) in [5.41, 5.74) is 0. The van der Waals surface area contributed by atoms with Gasteiger partial charge in [-0.15, -0.1) is 11.3 Å². The van der Waals surface area contributed by atoms with Crippen molar-refractivity contribution in [2.24, 2.45) is 0 Å². The van der Waals surface area contributed by atoms with E-state index in [4.69, 9.17) is 4.74 Å².